The van der Waals surface area contributed by atoms with E-state index in [1.165, 1.54) is 16.7 Å². The van der Waals surface area contributed by atoms with Gasteiger partial charge in [-0.3, -0.25) is 10.1 Å². The minimum absolute atomic E-state index is 0.383. The molecule has 0 amide bonds. The summed E-state index contributed by atoms with van der Waals surface area (Å²) in [6.45, 7) is 0.983. The average Bonchev–Trinajstić information content (AvgIpc) is 3.11. The van der Waals surface area contributed by atoms with E-state index in [1.807, 2.05) is 31.8 Å². The first-order valence-corrected chi connectivity index (χ1v) is 7.52. The van der Waals surface area contributed by atoms with Crippen LogP contribution in [0.3, 0.4) is 0 Å². The van der Waals surface area contributed by atoms with E-state index in [0.29, 0.717) is 5.92 Å². The molecule has 3 rings (SSSR count). The Kier molecular flexibility index (Phi) is 4.61. The van der Waals surface area contributed by atoms with Crippen LogP contribution in [0.5, 0.6) is 0 Å². The quantitative estimate of drug-likeness (QED) is 0.733. The molecule has 0 aliphatic rings. The van der Waals surface area contributed by atoms with Gasteiger partial charge in [0.05, 0.1) is 6.20 Å². The molecule has 0 aliphatic carbocycles. The number of aromatic amines is 1. The second-order valence-corrected chi connectivity index (χ2v) is 5.33. The van der Waals surface area contributed by atoms with Crippen molar-refractivity contribution in [2.45, 2.75) is 12.3 Å². The maximum atomic E-state index is 4.12. The van der Waals surface area contributed by atoms with Crippen molar-refractivity contribution in [1.29, 1.82) is 0 Å². The van der Waals surface area contributed by atoms with Crippen LogP contribution in [0.2, 0.25) is 0 Å². The minimum Gasteiger partial charge on any atom is -0.320 e. The molecule has 0 aliphatic heterocycles. The Morgan fingerprint density at radius 1 is 1.00 bits per heavy atom. The minimum atomic E-state index is 0.383. The highest BCUT2D eigenvalue weighted by molar-refractivity contribution is 5.62. The molecule has 22 heavy (non-hydrogen) atoms. The highest BCUT2D eigenvalue weighted by Crippen LogP contribution is 2.29. The Morgan fingerprint density at radius 2 is 1.73 bits per heavy atom. The number of rotatable bonds is 6. The Balaban J connectivity index is 1.87. The number of aromatic nitrogens is 3. The highest BCUT2D eigenvalue weighted by Gasteiger charge is 2.13. The molecule has 2 heterocycles. The van der Waals surface area contributed by atoms with Crippen LogP contribution in [-0.2, 0) is 0 Å². The summed E-state index contributed by atoms with van der Waals surface area (Å²) in [5.41, 5.74) is 4.93. The second-order valence-electron chi connectivity index (χ2n) is 5.33. The first kappa shape index (κ1) is 14.5. The van der Waals surface area contributed by atoms with Gasteiger partial charge in [-0.2, -0.15) is 5.10 Å². The van der Waals surface area contributed by atoms with Crippen molar-refractivity contribution < 1.29 is 0 Å². The van der Waals surface area contributed by atoms with Crippen LogP contribution in [-0.4, -0.2) is 28.8 Å². The van der Waals surface area contributed by atoms with Gasteiger partial charge in [-0.25, -0.2) is 0 Å². The zero-order chi connectivity index (χ0) is 15.2. The summed E-state index contributed by atoms with van der Waals surface area (Å²) < 4.78 is 0. The summed E-state index contributed by atoms with van der Waals surface area (Å²) in [6.07, 6.45) is 8.54. The van der Waals surface area contributed by atoms with Gasteiger partial charge in [0.25, 0.3) is 0 Å². The molecule has 4 nitrogen and oxygen atoms in total. The molecular formula is C18H20N4. The maximum absolute atomic E-state index is 4.12. The molecule has 2 N–H and O–H groups in total. The van der Waals surface area contributed by atoms with Crippen molar-refractivity contribution in [1.82, 2.24) is 20.5 Å². The summed E-state index contributed by atoms with van der Waals surface area (Å²) in [7, 11) is 1.99. The molecule has 0 spiro atoms. The van der Waals surface area contributed by atoms with Gasteiger partial charge in [-0.05, 0) is 48.8 Å². The zero-order valence-electron chi connectivity index (χ0n) is 12.7. The van der Waals surface area contributed by atoms with Gasteiger partial charge in [-0.15, -0.1) is 0 Å². The van der Waals surface area contributed by atoms with E-state index in [2.05, 4.69) is 56.9 Å². The average molecular weight is 292 g/mol. The Hall–Kier alpha value is -2.46. The monoisotopic (exact) mass is 292 g/mol. The lowest BCUT2D eigenvalue weighted by Crippen LogP contribution is -2.13. The van der Waals surface area contributed by atoms with Crippen molar-refractivity contribution in [3.8, 4) is 11.1 Å². The summed E-state index contributed by atoms with van der Waals surface area (Å²) in [5.74, 6) is 0.383. The van der Waals surface area contributed by atoms with Gasteiger partial charge >= 0.3 is 0 Å². The largest absolute Gasteiger partial charge is 0.320 e. The van der Waals surface area contributed by atoms with Crippen LogP contribution in [0.1, 0.15) is 23.5 Å². The number of hydrogen-bond donors (Lipinski definition) is 2. The Labute approximate surface area is 130 Å². The normalized spacial score (nSPS) is 12.2. The number of nitrogens with one attached hydrogen (secondary N) is 2. The molecule has 0 saturated heterocycles. The van der Waals surface area contributed by atoms with Crippen LogP contribution in [0.25, 0.3) is 11.1 Å². The van der Waals surface area contributed by atoms with Gasteiger partial charge in [0.2, 0.25) is 0 Å². The lowest BCUT2D eigenvalue weighted by molar-refractivity contribution is 0.661. The van der Waals surface area contributed by atoms with Crippen molar-refractivity contribution >= 4 is 0 Å². The molecule has 0 bridgehead atoms. The maximum Gasteiger partial charge on any atom is 0.0565 e. The van der Waals surface area contributed by atoms with E-state index in [9.17, 15) is 0 Å². The summed E-state index contributed by atoms with van der Waals surface area (Å²) in [6, 6.07) is 12.9. The van der Waals surface area contributed by atoms with E-state index in [0.717, 1.165) is 18.5 Å². The Morgan fingerprint density at radius 3 is 2.36 bits per heavy atom. The molecule has 0 saturated carbocycles. The number of benzene rings is 1. The van der Waals surface area contributed by atoms with Gasteiger partial charge < -0.3 is 5.32 Å². The second kappa shape index (κ2) is 7.00. The molecule has 112 valence electrons. The summed E-state index contributed by atoms with van der Waals surface area (Å²) >= 11 is 0. The third kappa shape index (κ3) is 3.23. The molecular weight excluding hydrogens is 272 g/mol. The van der Waals surface area contributed by atoms with Crippen molar-refractivity contribution in [3.63, 3.8) is 0 Å². The molecule has 1 unspecified atom stereocenters. The van der Waals surface area contributed by atoms with Gasteiger partial charge in [0, 0.05) is 30.1 Å². The first-order valence-electron chi connectivity index (χ1n) is 7.52. The van der Waals surface area contributed by atoms with Crippen molar-refractivity contribution in [3.05, 3.63) is 72.3 Å². The van der Waals surface area contributed by atoms with Crippen molar-refractivity contribution in [2.24, 2.45) is 0 Å². The molecule has 2 aromatic heterocycles. The summed E-state index contributed by atoms with van der Waals surface area (Å²) in [4.78, 5) is 4.12. The predicted molar refractivity (Wildman–Crippen MR) is 88.6 cm³/mol. The number of hydrogen-bond acceptors (Lipinski definition) is 3. The predicted octanol–water partition coefficient (Wildman–Crippen LogP) is 3.21. The Bertz CT molecular complexity index is 675. The molecule has 0 fully saturated rings. The van der Waals surface area contributed by atoms with Crippen LogP contribution in [0, 0.1) is 0 Å². The van der Waals surface area contributed by atoms with E-state index in [1.54, 1.807) is 0 Å². The van der Waals surface area contributed by atoms with Crippen molar-refractivity contribution in [2.75, 3.05) is 13.6 Å². The third-order valence-electron chi connectivity index (χ3n) is 3.94. The molecule has 0 radical (unpaired) electrons. The van der Waals surface area contributed by atoms with Gasteiger partial charge in [0.15, 0.2) is 0 Å². The fourth-order valence-corrected chi connectivity index (χ4v) is 2.73. The number of H-pyrrole nitrogens is 1. The zero-order valence-corrected chi connectivity index (χ0v) is 12.7. The number of pyridine rings is 1. The fourth-order valence-electron chi connectivity index (χ4n) is 2.73. The first-order chi connectivity index (χ1) is 10.9. The lowest BCUT2D eigenvalue weighted by Gasteiger charge is -2.18. The highest BCUT2D eigenvalue weighted by atomic mass is 15.1. The SMILES string of the molecule is CNCCC(c1ccncc1)c1ccc(-c2cn[nH]c2)cc1. The van der Waals surface area contributed by atoms with Crippen LogP contribution < -0.4 is 5.32 Å². The topological polar surface area (TPSA) is 53.6 Å². The van der Waals surface area contributed by atoms with Crippen LogP contribution in [0.15, 0.2) is 61.2 Å². The standard InChI is InChI=1S/C18H20N4/c1-19-9-8-18(16-6-10-20-11-7-16)15-4-2-14(3-5-15)17-12-21-22-13-17/h2-7,10-13,18-19H,8-9H2,1H3,(H,21,22). The van der Waals surface area contributed by atoms with E-state index in [4.69, 9.17) is 0 Å². The van der Waals surface area contributed by atoms with E-state index < -0.39 is 0 Å². The van der Waals surface area contributed by atoms with Gasteiger partial charge in [0.1, 0.15) is 0 Å². The van der Waals surface area contributed by atoms with Crippen LogP contribution >= 0.6 is 0 Å². The smallest absolute Gasteiger partial charge is 0.0565 e. The van der Waals surface area contributed by atoms with E-state index in [-0.39, 0.29) is 0 Å². The molecule has 1 aromatic carbocycles. The molecule has 4 heteroatoms. The third-order valence-corrected chi connectivity index (χ3v) is 3.94. The van der Waals surface area contributed by atoms with E-state index >= 15 is 0 Å². The summed E-state index contributed by atoms with van der Waals surface area (Å²) in [5, 5.41) is 10.1. The van der Waals surface area contributed by atoms with Crippen LogP contribution in [0.4, 0.5) is 0 Å². The van der Waals surface area contributed by atoms with Gasteiger partial charge in [-0.1, -0.05) is 24.3 Å². The number of nitrogens with zero attached hydrogens (tertiary/aromatic N) is 2. The molecule has 3 aromatic rings. The lowest BCUT2D eigenvalue weighted by atomic mass is 9.88. The molecule has 1 atom stereocenters. The fraction of sp³-hybridized carbons (Fsp3) is 0.222.